The van der Waals surface area contributed by atoms with E-state index in [2.05, 4.69) is 17.0 Å². The summed E-state index contributed by atoms with van der Waals surface area (Å²) >= 11 is 0. The third-order valence-corrected chi connectivity index (χ3v) is 4.35. The summed E-state index contributed by atoms with van der Waals surface area (Å²) in [5.41, 5.74) is 0. The van der Waals surface area contributed by atoms with Crippen molar-refractivity contribution < 1.29 is 0 Å². The highest BCUT2D eigenvalue weighted by atomic mass is 31.0. The summed E-state index contributed by atoms with van der Waals surface area (Å²) in [5, 5.41) is 1.63. The molecule has 2 heteroatoms. The van der Waals surface area contributed by atoms with E-state index in [0.717, 1.165) is 5.92 Å². The predicted molar refractivity (Wildman–Crippen MR) is 63.0 cm³/mol. The van der Waals surface area contributed by atoms with E-state index in [1.54, 1.807) is 5.30 Å². The van der Waals surface area contributed by atoms with Gasteiger partial charge in [-0.15, -0.1) is 0 Å². The fourth-order valence-corrected chi connectivity index (χ4v) is 3.32. The molecule has 1 heterocycles. The number of aromatic nitrogens is 1. The summed E-state index contributed by atoms with van der Waals surface area (Å²) in [7, 11) is 1.35. The van der Waals surface area contributed by atoms with E-state index in [-0.39, 0.29) is 0 Å². The first-order valence-electron chi connectivity index (χ1n) is 5.96. The molecule has 0 spiro atoms. The maximum atomic E-state index is 3.28. The third-order valence-electron chi connectivity index (χ3n) is 3.30. The van der Waals surface area contributed by atoms with Crippen molar-refractivity contribution in [3.8, 4) is 0 Å². The van der Waals surface area contributed by atoms with Crippen molar-refractivity contribution in [2.45, 2.75) is 57.3 Å². The summed E-state index contributed by atoms with van der Waals surface area (Å²) in [6.07, 6.45) is 13.7. The van der Waals surface area contributed by atoms with Crippen LogP contribution in [0.2, 0.25) is 0 Å². The number of nitrogens with one attached hydrogen (secondary N) is 1. The molecule has 0 radical (unpaired) electrons. The second kappa shape index (κ2) is 5.56. The van der Waals surface area contributed by atoms with Crippen molar-refractivity contribution >= 4 is 8.35 Å². The van der Waals surface area contributed by atoms with Gasteiger partial charge in [-0.3, -0.25) is 0 Å². The second-order valence-corrected chi connectivity index (χ2v) is 5.39. The lowest BCUT2D eigenvalue weighted by Gasteiger charge is -2.13. The van der Waals surface area contributed by atoms with Gasteiger partial charge in [-0.25, -0.2) is 0 Å². The molecule has 0 amide bonds. The molecule has 0 aromatic carbocycles. The van der Waals surface area contributed by atoms with Crippen LogP contribution in [0.5, 0.6) is 0 Å². The van der Waals surface area contributed by atoms with Gasteiger partial charge in [0, 0.05) is 19.8 Å². The molecule has 0 atom stereocenters. The summed E-state index contributed by atoms with van der Waals surface area (Å²) in [6.45, 7) is 0. The van der Waals surface area contributed by atoms with Gasteiger partial charge >= 0.3 is 0 Å². The molecule has 0 aliphatic heterocycles. The lowest BCUT2D eigenvalue weighted by Crippen LogP contribution is -1.95. The van der Waals surface area contributed by atoms with E-state index in [1.165, 1.54) is 59.7 Å². The van der Waals surface area contributed by atoms with Gasteiger partial charge in [0.1, 0.15) is 0 Å². The maximum Gasteiger partial charge on any atom is 0.0142 e. The Bertz CT molecular complexity index is 233. The Balaban J connectivity index is 1.94. The van der Waals surface area contributed by atoms with Crippen LogP contribution in [0.4, 0.5) is 0 Å². The quantitative estimate of drug-likeness (QED) is 0.683. The maximum absolute atomic E-state index is 3.28. The van der Waals surface area contributed by atoms with E-state index >= 15 is 0 Å². The Morgan fingerprint density at radius 2 is 1.64 bits per heavy atom. The van der Waals surface area contributed by atoms with Crippen LogP contribution in [0.25, 0.3) is 0 Å². The molecule has 1 aromatic heterocycles. The zero-order valence-corrected chi connectivity index (χ0v) is 9.73. The second-order valence-electron chi connectivity index (χ2n) is 4.39. The molecule has 0 unspecified atom stereocenters. The topological polar surface area (TPSA) is 15.8 Å². The van der Waals surface area contributed by atoms with Crippen LogP contribution >= 0.6 is 8.35 Å². The normalized spacial score (nSPS) is 21.7. The van der Waals surface area contributed by atoms with Gasteiger partial charge in [-0.05, 0) is 24.8 Å². The van der Waals surface area contributed by atoms with Crippen LogP contribution in [-0.4, -0.2) is 4.75 Å². The molecule has 2 rings (SSSR count). The fraction of sp³-hybridized carbons (Fsp3) is 0.750. The molecule has 1 fully saturated rings. The fourth-order valence-electron chi connectivity index (χ4n) is 2.43. The number of hydrogen-bond acceptors (Lipinski definition) is 0. The molecule has 0 saturated heterocycles. The first kappa shape index (κ1) is 10.2. The molecule has 1 aliphatic rings. The summed E-state index contributed by atoms with van der Waals surface area (Å²) in [4.78, 5) is 0. The van der Waals surface area contributed by atoms with Gasteiger partial charge in [-0.2, -0.15) is 0 Å². The summed E-state index contributed by atoms with van der Waals surface area (Å²) in [5.74, 6) is 0.876. The standard InChI is InChI=1S/C12H20NP/c1-2-4-6-8-11(7-5-3-1)12-9-10-13-14-12/h9-11,13H,1-8H2. The van der Waals surface area contributed by atoms with Crippen LogP contribution in [0.15, 0.2) is 12.3 Å². The van der Waals surface area contributed by atoms with Gasteiger partial charge in [-0.1, -0.05) is 38.5 Å². The Hall–Kier alpha value is -0.290. The highest BCUT2D eigenvalue weighted by Crippen LogP contribution is 2.33. The Kier molecular flexibility index (Phi) is 4.06. The minimum atomic E-state index is 0.876. The van der Waals surface area contributed by atoms with Crippen molar-refractivity contribution in [2.24, 2.45) is 0 Å². The van der Waals surface area contributed by atoms with E-state index in [4.69, 9.17) is 0 Å². The Morgan fingerprint density at radius 3 is 2.21 bits per heavy atom. The molecular formula is C12H20NP. The molecule has 1 N–H and O–H groups in total. The van der Waals surface area contributed by atoms with E-state index in [0.29, 0.717) is 0 Å². The van der Waals surface area contributed by atoms with Crippen LogP contribution < -0.4 is 0 Å². The van der Waals surface area contributed by atoms with Gasteiger partial charge in [0.25, 0.3) is 0 Å². The number of aromatic amines is 1. The number of hydrogen-bond donors (Lipinski definition) is 1. The van der Waals surface area contributed by atoms with Crippen LogP contribution in [0.1, 0.15) is 62.6 Å². The molecular weight excluding hydrogens is 189 g/mol. The van der Waals surface area contributed by atoms with Gasteiger partial charge in [0.05, 0.1) is 0 Å². The number of rotatable bonds is 1. The van der Waals surface area contributed by atoms with Crippen molar-refractivity contribution in [1.29, 1.82) is 0 Å². The molecule has 0 bridgehead atoms. The van der Waals surface area contributed by atoms with Gasteiger partial charge in [0.2, 0.25) is 0 Å². The van der Waals surface area contributed by atoms with Crippen molar-refractivity contribution in [3.63, 3.8) is 0 Å². The average molecular weight is 209 g/mol. The van der Waals surface area contributed by atoms with Crippen molar-refractivity contribution in [1.82, 2.24) is 4.75 Å². The van der Waals surface area contributed by atoms with Crippen molar-refractivity contribution in [2.75, 3.05) is 0 Å². The number of H-pyrrole nitrogens is 1. The monoisotopic (exact) mass is 209 g/mol. The lowest BCUT2D eigenvalue weighted by atomic mass is 9.95. The van der Waals surface area contributed by atoms with Crippen LogP contribution in [-0.2, 0) is 0 Å². The smallest absolute Gasteiger partial charge is 0.0142 e. The SMILES string of the molecule is c1cc(C2CCCCCCCC2)p[nH]1. The van der Waals surface area contributed by atoms with E-state index in [1.807, 2.05) is 0 Å². The predicted octanol–water partition coefficient (Wildman–Crippen LogP) is 4.81. The minimum Gasteiger partial charge on any atom is -0.344 e. The largest absolute Gasteiger partial charge is 0.344 e. The summed E-state index contributed by atoms with van der Waals surface area (Å²) < 4.78 is 3.28. The minimum absolute atomic E-state index is 0.876. The molecule has 1 saturated carbocycles. The Labute approximate surface area is 88.5 Å². The van der Waals surface area contributed by atoms with Gasteiger partial charge in [0.15, 0.2) is 0 Å². The molecule has 78 valence electrons. The highest BCUT2D eigenvalue weighted by Gasteiger charge is 2.13. The lowest BCUT2D eigenvalue weighted by molar-refractivity contribution is 0.547. The van der Waals surface area contributed by atoms with Crippen LogP contribution in [0.3, 0.4) is 0 Å². The third kappa shape index (κ3) is 2.85. The van der Waals surface area contributed by atoms with Gasteiger partial charge < -0.3 is 4.75 Å². The molecule has 14 heavy (non-hydrogen) atoms. The molecule has 1 nitrogen and oxygen atoms in total. The van der Waals surface area contributed by atoms with Crippen LogP contribution in [0, 0.1) is 0 Å². The van der Waals surface area contributed by atoms with Crippen molar-refractivity contribution in [3.05, 3.63) is 17.6 Å². The summed E-state index contributed by atoms with van der Waals surface area (Å²) in [6, 6.07) is 2.30. The molecule has 1 aliphatic carbocycles. The van der Waals surface area contributed by atoms with E-state index in [9.17, 15) is 0 Å². The van der Waals surface area contributed by atoms with E-state index < -0.39 is 0 Å². The highest BCUT2D eigenvalue weighted by molar-refractivity contribution is 7.26. The molecule has 1 aromatic rings. The zero-order chi connectivity index (χ0) is 9.64. The average Bonchev–Trinajstić information content (AvgIpc) is 2.75. The Morgan fingerprint density at radius 1 is 1.00 bits per heavy atom. The zero-order valence-electron chi connectivity index (χ0n) is 8.84. The first-order valence-corrected chi connectivity index (χ1v) is 6.86. The first-order chi connectivity index (χ1) is 6.97.